The monoisotopic (exact) mass is 430 g/mol. The van der Waals surface area contributed by atoms with Crippen LogP contribution < -0.4 is 10.2 Å². The van der Waals surface area contributed by atoms with E-state index in [-0.39, 0.29) is 24.5 Å². The van der Waals surface area contributed by atoms with Crippen LogP contribution in [-0.2, 0) is 19.7 Å². The van der Waals surface area contributed by atoms with Crippen LogP contribution in [0.5, 0.6) is 0 Å². The Kier molecular flexibility index (Phi) is 6.12. The third-order valence-corrected chi connectivity index (χ3v) is 6.56. The van der Waals surface area contributed by atoms with Gasteiger partial charge in [-0.05, 0) is 89.7 Å². The van der Waals surface area contributed by atoms with Crippen molar-refractivity contribution in [2.75, 3.05) is 31.1 Å². The van der Waals surface area contributed by atoms with Crippen molar-refractivity contribution >= 4 is 17.6 Å². The van der Waals surface area contributed by atoms with Gasteiger partial charge in [-0.3, -0.25) is 4.79 Å². The molecule has 170 valence electrons. The Bertz CT molecular complexity index is 835. The van der Waals surface area contributed by atoms with E-state index in [1.807, 2.05) is 32.9 Å². The number of benzene rings is 1. The number of aliphatic hydroxyl groups excluding tert-OH is 1. The molecule has 1 aromatic carbocycles. The van der Waals surface area contributed by atoms with Crippen LogP contribution in [0, 0.1) is 0 Å². The zero-order valence-electron chi connectivity index (χ0n) is 18.8. The molecule has 2 unspecified atom stereocenters. The lowest BCUT2D eigenvalue weighted by atomic mass is 9.74. The Morgan fingerprint density at radius 2 is 2.06 bits per heavy atom. The Morgan fingerprint density at radius 3 is 2.71 bits per heavy atom. The fraction of sp³-hybridized carbons (Fsp3) is 0.667. The second kappa shape index (κ2) is 8.52. The SMILES string of the molecule is CC(C)(C)OC(=O)c1ccc2c(c1)C1(CCNCC1)C(=O)N2CC(O)C1CCCCO1. The van der Waals surface area contributed by atoms with Crippen LogP contribution in [0.4, 0.5) is 5.69 Å². The van der Waals surface area contributed by atoms with Gasteiger partial charge in [0.15, 0.2) is 0 Å². The summed E-state index contributed by atoms with van der Waals surface area (Å²) < 4.78 is 11.3. The summed E-state index contributed by atoms with van der Waals surface area (Å²) in [5.74, 6) is -0.374. The summed E-state index contributed by atoms with van der Waals surface area (Å²) >= 11 is 0. The van der Waals surface area contributed by atoms with Crippen molar-refractivity contribution < 1.29 is 24.2 Å². The van der Waals surface area contributed by atoms with Gasteiger partial charge in [0.1, 0.15) is 5.60 Å². The Labute approximate surface area is 184 Å². The number of carbonyl (C=O) groups is 2. The average molecular weight is 431 g/mol. The maximum Gasteiger partial charge on any atom is 0.338 e. The molecule has 3 aliphatic heterocycles. The molecular formula is C24H34N2O5. The van der Waals surface area contributed by atoms with Gasteiger partial charge in [0.25, 0.3) is 0 Å². The van der Waals surface area contributed by atoms with Gasteiger partial charge in [-0.25, -0.2) is 4.79 Å². The molecule has 2 fully saturated rings. The third-order valence-electron chi connectivity index (χ3n) is 6.56. The number of aliphatic hydroxyl groups is 1. The van der Waals surface area contributed by atoms with Gasteiger partial charge in [0, 0.05) is 12.3 Å². The molecule has 0 aromatic heterocycles. The molecule has 1 spiro atoms. The first-order chi connectivity index (χ1) is 14.7. The van der Waals surface area contributed by atoms with Gasteiger partial charge in [-0.2, -0.15) is 0 Å². The van der Waals surface area contributed by atoms with E-state index in [1.54, 1.807) is 11.0 Å². The minimum absolute atomic E-state index is 0.0141. The minimum atomic E-state index is -0.737. The third kappa shape index (κ3) is 4.36. The highest BCUT2D eigenvalue weighted by atomic mass is 16.6. The van der Waals surface area contributed by atoms with Crippen LogP contribution in [0.3, 0.4) is 0 Å². The number of hydrogen-bond donors (Lipinski definition) is 2. The van der Waals surface area contributed by atoms with E-state index in [2.05, 4.69) is 5.32 Å². The van der Waals surface area contributed by atoms with E-state index in [1.165, 1.54) is 0 Å². The first kappa shape index (κ1) is 22.2. The smallest absolute Gasteiger partial charge is 0.338 e. The zero-order valence-corrected chi connectivity index (χ0v) is 18.8. The van der Waals surface area contributed by atoms with Crippen LogP contribution in [-0.4, -0.2) is 61.0 Å². The summed E-state index contributed by atoms with van der Waals surface area (Å²) in [6.07, 6.45) is 3.21. The maximum atomic E-state index is 13.7. The van der Waals surface area contributed by atoms with Crippen LogP contribution in [0.2, 0.25) is 0 Å². The lowest BCUT2D eigenvalue weighted by Crippen LogP contribution is -2.50. The quantitative estimate of drug-likeness (QED) is 0.714. The van der Waals surface area contributed by atoms with Gasteiger partial charge in [-0.1, -0.05) is 0 Å². The minimum Gasteiger partial charge on any atom is -0.456 e. The van der Waals surface area contributed by atoms with E-state index >= 15 is 0 Å². The van der Waals surface area contributed by atoms with Crippen molar-refractivity contribution in [3.05, 3.63) is 29.3 Å². The lowest BCUT2D eigenvalue weighted by molar-refractivity contribution is -0.125. The highest BCUT2D eigenvalue weighted by Crippen LogP contribution is 2.47. The van der Waals surface area contributed by atoms with Crippen molar-refractivity contribution in [3.63, 3.8) is 0 Å². The summed E-state index contributed by atoms with van der Waals surface area (Å²) in [6.45, 7) is 7.86. The molecule has 31 heavy (non-hydrogen) atoms. The van der Waals surface area contributed by atoms with E-state index in [9.17, 15) is 14.7 Å². The van der Waals surface area contributed by atoms with Crippen molar-refractivity contribution in [1.82, 2.24) is 5.32 Å². The predicted octanol–water partition coefficient (Wildman–Crippen LogP) is 2.54. The number of ether oxygens (including phenoxy) is 2. The maximum absolute atomic E-state index is 13.7. The number of hydrogen-bond acceptors (Lipinski definition) is 6. The number of anilines is 1. The molecule has 7 nitrogen and oxygen atoms in total. The van der Waals surface area contributed by atoms with E-state index in [0.29, 0.717) is 25.0 Å². The molecule has 3 aliphatic rings. The van der Waals surface area contributed by atoms with E-state index in [4.69, 9.17) is 9.47 Å². The van der Waals surface area contributed by atoms with Gasteiger partial charge in [0.2, 0.25) is 5.91 Å². The first-order valence-corrected chi connectivity index (χ1v) is 11.4. The highest BCUT2D eigenvalue weighted by Gasteiger charge is 2.52. The summed E-state index contributed by atoms with van der Waals surface area (Å²) in [5, 5.41) is 14.2. The average Bonchev–Trinajstić information content (AvgIpc) is 2.96. The number of nitrogens with one attached hydrogen (secondary N) is 1. The fourth-order valence-electron chi connectivity index (χ4n) is 4.99. The van der Waals surface area contributed by atoms with Crippen LogP contribution in [0.25, 0.3) is 0 Å². The summed E-state index contributed by atoms with van der Waals surface area (Å²) in [6, 6.07) is 5.38. The largest absolute Gasteiger partial charge is 0.456 e. The van der Waals surface area contributed by atoms with Crippen molar-refractivity contribution in [3.8, 4) is 0 Å². The van der Waals surface area contributed by atoms with Crippen LogP contribution in [0.15, 0.2) is 18.2 Å². The highest BCUT2D eigenvalue weighted by molar-refractivity contribution is 6.09. The predicted molar refractivity (Wildman–Crippen MR) is 117 cm³/mol. The Morgan fingerprint density at radius 1 is 1.32 bits per heavy atom. The number of carbonyl (C=O) groups excluding carboxylic acids is 2. The lowest BCUT2D eigenvalue weighted by Gasteiger charge is -2.34. The summed E-state index contributed by atoms with van der Waals surface area (Å²) in [4.78, 5) is 28.1. The second-order valence-electron chi connectivity index (χ2n) is 9.95. The molecule has 1 amide bonds. The Hall–Kier alpha value is -1.96. The molecule has 0 radical (unpaired) electrons. The molecule has 0 bridgehead atoms. The first-order valence-electron chi connectivity index (χ1n) is 11.4. The molecule has 7 heteroatoms. The van der Waals surface area contributed by atoms with E-state index < -0.39 is 17.1 Å². The molecule has 3 heterocycles. The van der Waals surface area contributed by atoms with Gasteiger partial charge >= 0.3 is 5.97 Å². The number of amides is 1. The van der Waals surface area contributed by atoms with Crippen LogP contribution in [0.1, 0.15) is 68.8 Å². The van der Waals surface area contributed by atoms with Gasteiger partial charge in [-0.15, -0.1) is 0 Å². The molecule has 0 aliphatic carbocycles. The number of esters is 1. The number of β-amino-alcohol motifs (C(OH)–C–C–N with tert-alkyl or cyclic N) is 1. The number of piperidine rings is 1. The normalized spacial score (nSPS) is 24.2. The zero-order chi connectivity index (χ0) is 22.2. The van der Waals surface area contributed by atoms with Crippen molar-refractivity contribution in [2.24, 2.45) is 0 Å². The van der Waals surface area contributed by atoms with Gasteiger partial charge in [0.05, 0.1) is 29.7 Å². The number of fused-ring (bicyclic) bond motifs is 2. The van der Waals surface area contributed by atoms with Crippen molar-refractivity contribution in [2.45, 2.75) is 76.1 Å². The number of rotatable bonds is 4. The summed E-state index contributed by atoms with van der Waals surface area (Å²) in [5.41, 5.74) is 0.867. The van der Waals surface area contributed by atoms with Crippen molar-refractivity contribution in [1.29, 1.82) is 0 Å². The molecule has 2 atom stereocenters. The topological polar surface area (TPSA) is 88.1 Å². The Balaban J connectivity index is 1.65. The van der Waals surface area contributed by atoms with E-state index in [0.717, 1.165) is 43.6 Å². The fourth-order valence-corrected chi connectivity index (χ4v) is 4.99. The summed E-state index contributed by atoms with van der Waals surface area (Å²) in [7, 11) is 0. The molecule has 2 N–H and O–H groups in total. The second-order valence-corrected chi connectivity index (χ2v) is 9.95. The molecule has 1 aromatic rings. The van der Waals surface area contributed by atoms with Gasteiger partial charge < -0.3 is 24.8 Å². The molecular weight excluding hydrogens is 396 g/mol. The molecule has 2 saturated heterocycles. The van der Waals surface area contributed by atoms with Crippen LogP contribution >= 0.6 is 0 Å². The number of nitrogens with zero attached hydrogens (tertiary/aromatic N) is 1. The molecule has 0 saturated carbocycles. The molecule has 4 rings (SSSR count). The standard InChI is InChI=1S/C24H34N2O5/c1-23(2,3)31-21(28)16-7-8-18-17(14-16)24(9-11-25-12-10-24)22(29)26(18)15-19(27)20-6-4-5-13-30-20/h7-8,14,19-20,25,27H,4-6,9-13,15H2,1-3H3.